The number of piperidine rings is 1. The average Bonchev–Trinajstić information content (AvgIpc) is 3.42. The molecule has 1 aliphatic rings. The lowest BCUT2D eigenvalue weighted by molar-refractivity contribution is 0.101. The molecule has 1 fully saturated rings. The van der Waals surface area contributed by atoms with E-state index in [1.165, 1.54) is 30.9 Å². The lowest BCUT2D eigenvalue weighted by Crippen LogP contribution is -2.32. The van der Waals surface area contributed by atoms with E-state index in [1.54, 1.807) is 12.3 Å². The highest BCUT2D eigenvalue weighted by molar-refractivity contribution is 6.05. The Kier molecular flexibility index (Phi) is 6.93. The highest BCUT2D eigenvalue weighted by atomic mass is 16.2. The van der Waals surface area contributed by atoms with Crippen LogP contribution in [0.2, 0.25) is 0 Å². The molecule has 0 bridgehead atoms. The normalized spacial score (nSPS) is 13.8. The molecule has 6 rings (SSSR count). The van der Waals surface area contributed by atoms with E-state index in [-0.39, 0.29) is 11.8 Å². The van der Waals surface area contributed by atoms with Crippen molar-refractivity contribution in [1.82, 2.24) is 20.0 Å². The summed E-state index contributed by atoms with van der Waals surface area (Å²) >= 11 is 0. The smallest absolute Gasteiger partial charge is 0.257 e. The predicted molar refractivity (Wildman–Crippen MR) is 156 cm³/mol. The molecule has 2 aromatic heterocycles. The highest BCUT2D eigenvalue weighted by Crippen LogP contribution is 2.25. The quantitative estimate of drug-likeness (QED) is 0.297. The first kappa shape index (κ1) is 25.2. The number of hydrogen-bond donors (Lipinski definition) is 2. The van der Waals surface area contributed by atoms with Gasteiger partial charge in [-0.05, 0) is 91.6 Å². The molecule has 0 saturated carbocycles. The Morgan fingerprint density at radius 1 is 0.750 bits per heavy atom. The molecule has 200 valence electrons. The number of anilines is 3. The molecule has 0 unspecified atom stereocenters. The summed E-state index contributed by atoms with van der Waals surface area (Å²) < 4.78 is 1.82. The van der Waals surface area contributed by atoms with Gasteiger partial charge in [0.05, 0.1) is 35.4 Å². The number of benzene rings is 3. The highest BCUT2D eigenvalue weighted by Gasteiger charge is 2.17. The van der Waals surface area contributed by atoms with Crippen LogP contribution in [0.15, 0.2) is 91.4 Å². The van der Waals surface area contributed by atoms with Crippen LogP contribution in [0.4, 0.5) is 17.1 Å². The van der Waals surface area contributed by atoms with Crippen molar-refractivity contribution in [3.05, 3.63) is 103 Å². The number of nitrogens with one attached hydrogen (secondary N) is 2. The van der Waals surface area contributed by atoms with Crippen molar-refractivity contribution in [2.75, 3.05) is 28.6 Å². The van der Waals surface area contributed by atoms with Crippen LogP contribution in [0.25, 0.3) is 16.6 Å². The summed E-state index contributed by atoms with van der Waals surface area (Å²) in [5.41, 5.74) is 5.33. The first-order valence-electron chi connectivity index (χ1n) is 13.4. The Labute approximate surface area is 231 Å². The minimum absolute atomic E-state index is 0.147. The van der Waals surface area contributed by atoms with Crippen LogP contribution in [0.3, 0.4) is 0 Å². The van der Waals surface area contributed by atoms with Gasteiger partial charge in [-0.3, -0.25) is 9.59 Å². The SMILES string of the molecule is CC1CCN(c2ccc(C(=O)Nc3ccc4c(cnn4-c4ccc(NC(=O)c5ccnnc5)cc4)c3)cc2)CC1. The van der Waals surface area contributed by atoms with Crippen LogP contribution in [0.1, 0.15) is 40.5 Å². The maximum atomic E-state index is 12.9. The first-order valence-corrected chi connectivity index (χ1v) is 13.4. The zero-order chi connectivity index (χ0) is 27.5. The van der Waals surface area contributed by atoms with Crippen molar-refractivity contribution < 1.29 is 9.59 Å². The molecule has 2 N–H and O–H groups in total. The van der Waals surface area contributed by atoms with Gasteiger partial charge in [0.2, 0.25) is 0 Å². The van der Waals surface area contributed by atoms with E-state index in [2.05, 4.69) is 37.8 Å². The Morgan fingerprint density at radius 3 is 2.15 bits per heavy atom. The number of hydrogen-bond acceptors (Lipinski definition) is 6. The Bertz CT molecular complexity index is 1640. The van der Waals surface area contributed by atoms with Crippen LogP contribution >= 0.6 is 0 Å². The second-order valence-corrected chi connectivity index (χ2v) is 10.1. The minimum atomic E-state index is -0.255. The number of carbonyl (C=O) groups is 2. The molecule has 1 aliphatic heterocycles. The van der Waals surface area contributed by atoms with Gasteiger partial charge in [0, 0.05) is 41.1 Å². The number of carbonyl (C=O) groups excluding carboxylic acids is 2. The van der Waals surface area contributed by atoms with Crippen LogP contribution in [0.5, 0.6) is 0 Å². The Morgan fingerprint density at radius 2 is 1.43 bits per heavy atom. The zero-order valence-corrected chi connectivity index (χ0v) is 22.1. The molecular formula is C31H29N7O2. The Hall–Kier alpha value is -5.05. The summed E-state index contributed by atoms with van der Waals surface area (Å²) in [5, 5.41) is 18.7. The number of aromatic nitrogens is 4. The molecule has 0 radical (unpaired) electrons. The van der Waals surface area contributed by atoms with E-state index in [4.69, 9.17) is 0 Å². The van der Waals surface area contributed by atoms with Crippen LogP contribution in [0, 0.1) is 5.92 Å². The van der Waals surface area contributed by atoms with Crippen LogP contribution in [-0.2, 0) is 0 Å². The molecule has 1 saturated heterocycles. The number of amides is 2. The second kappa shape index (κ2) is 11.0. The lowest BCUT2D eigenvalue weighted by Gasteiger charge is -2.32. The largest absolute Gasteiger partial charge is 0.372 e. The van der Waals surface area contributed by atoms with Crippen molar-refractivity contribution in [3.63, 3.8) is 0 Å². The van der Waals surface area contributed by atoms with Gasteiger partial charge in [-0.25, -0.2) is 4.68 Å². The van der Waals surface area contributed by atoms with Gasteiger partial charge in [-0.2, -0.15) is 15.3 Å². The predicted octanol–water partition coefficient (Wildman–Crippen LogP) is 5.56. The van der Waals surface area contributed by atoms with Crippen molar-refractivity contribution in [2.45, 2.75) is 19.8 Å². The Balaban J connectivity index is 1.11. The first-order chi connectivity index (χ1) is 19.5. The van der Waals surface area contributed by atoms with Crippen LogP contribution in [-0.4, -0.2) is 44.9 Å². The zero-order valence-electron chi connectivity index (χ0n) is 22.1. The second-order valence-electron chi connectivity index (χ2n) is 10.1. The van der Waals surface area contributed by atoms with E-state index in [1.807, 2.05) is 71.4 Å². The lowest BCUT2D eigenvalue weighted by atomic mass is 9.98. The maximum absolute atomic E-state index is 12.9. The van der Waals surface area contributed by atoms with Crippen molar-refractivity contribution in [1.29, 1.82) is 0 Å². The third kappa shape index (κ3) is 5.40. The fourth-order valence-electron chi connectivity index (χ4n) is 4.92. The van der Waals surface area contributed by atoms with Gasteiger partial charge in [0.25, 0.3) is 11.8 Å². The maximum Gasteiger partial charge on any atom is 0.257 e. The summed E-state index contributed by atoms with van der Waals surface area (Å²) in [5.74, 6) is 0.377. The summed E-state index contributed by atoms with van der Waals surface area (Å²) in [7, 11) is 0. The monoisotopic (exact) mass is 531 g/mol. The number of fused-ring (bicyclic) bond motifs is 1. The molecule has 0 aliphatic carbocycles. The van der Waals surface area contributed by atoms with Gasteiger partial charge >= 0.3 is 0 Å². The fraction of sp³-hybridized carbons (Fsp3) is 0.194. The van der Waals surface area contributed by atoms with E-state index >= 15 is 0 Å². The third-order valence-electron chi connectivity index (χ3n) is 7.32. The van der Waals surface area contributed by atoms with Gasteiger partial charge in [-0.15, -0.1) is 0 Å². The molecule has 3 aromatic carbocycles. The van der Waals surface area contributed by atoms with Gasteiger partial charge < -0.3 is 15.5 Å². The summed E-state index contributed by atoms with van der Waals surface area (Å²) in [4.78, 5) is 27.7. The minimum Gasteiger partial charge on any atom is -0.372 e. The average molecular weight is 532 g/mol. The molecule has 0 spiro atoms. The number of nitrogens with zero attached hydrogens (tertiary/aromatic N) is 5. The van der Waals surface area contributed by atoms with Crippen molar-refractivity contribution in [3.8, 4) is 5.69 Å². The molecule has 0 atom stereocenters. The van der Waals surface area contributed by atoms with Gasteiger partial charge in [-0.1, -0.05) is 6.92 Å². The molecule has 5 aromatic rings. The van der Waals surface area contributed by atoms with E-state index < -0.39 is 0 Å². The van der Waals surface area contributed by atoms with Gasteiger partial charge in [0.15, 0.2) is 0 Å². The molecule has 9 heteroatoms. The third-order valence-corrected chi connectivity index (χ3v) is 7.32. The molecule has 3 heterocycles. The van der Waals surface area contributed by atoms with Gasteiger partial charge in [0.1, 0.15) is 0 Å². The van der Waals surface area contributed by atoms with Crippen LogP contribution < -0.4 is 15.5 Å². The molecule has 2 amide bonds. The van der Waals surface area contributed by atoms with Crippen molar-refractivity contribution in [2.24, 2.45) is 5.92 Å². The van der Waals surface area contributed by atoms with Crippen molar-refractivity contribution >= 4 is 39.8 Å². The summed E-state index contributed by atoms with van der Waals surface area (Å²) in [6.07, 6.45) is 7.07. The number of rotatable bonds is 6. The van der Waals surface area contributed by atoms with E-state index in [0.29, 0.717) is 22.5 Å². The fourth-order valence-corrected chi connectivity index (χ4v) is 4.92. The standard InChI is InChI=1S/C31H29N7O2/c1-21-13-16-37(17-14-21)27-7-2-22(3-8-27)30(39)36-26-6-11-29-24(18-26)20-34-38(29)28-9-4-25(5-10-28)35-31(40)23-12-15-32-33-19-23/h2-12,15,18-21H,13-14,16-17H2,1H3,(H,35,40)(H,36,39). The molecule has 9 nitrogen and oxygen atoms in total. The van der Waals surface area contributed by atoms with E-state index in [9.17, 15) is 9.59 Å². The van der Waals surface area contributed by atoms with E-state index in [0.717, 1.165) is 35.6 Å². The summed E-state index contributed by atoms with van der Waals surface area (Å²) in [6, 6.07) is 22.6. The summed E-state index contributed by atoms with van der Waals surface area (Å²) in [6.45, 7) is 4.42. The molecular weight excluding hydrogens is 502 g/mol. The topological polar surface area (TPSA) is 105 Å². The molecule has 40 heavy (non-hydrogen) atoms.